The minimum absolute atomic E-state index is 0.166. The second-order valence-electron chi connectivity index (χ2n) is 5.36. The van der Waals surface area contributed by atoms with E-state index in [4.69, 9.17) is 0 Å². The number of nitrogens with one attached hydrogen (secondary N) is 1. The number of unbranched alkanes of at least 4 members (excludes halogenated alkanes) is 1. The van der Waals surface area contributed by atoms with Gasteiger partial charge in [0.15, 0.2) is 0 Å². The van der Waals surface area contributed by atoms with Crippen molar-refractivity contribution in [2.45, 2.75) is 50.8 Å². The SMILES string of the molecule is CCCCC(C)c1ccc(CC2NC(=O)CS2)cc1. The molecular formula is C16H23NOS. The molecule has 0 bridgehead atoms. The first-order valence-corrected chi connectivity index (χ1v) is 8.23. The van der Waals surface area contributed by atoms with Crippen molar-refractivity contribution in [3.05, 3.63) is 35.4 Å². The second kappa shape index (κ2) is 6.99. The predicted octanol–water partition coefficient (Wildman–Crippen LogP) is 3.71. The van der Waals surface area contributed by atoms with E-state index in [0.29, 0.717) is 11.7 Å². The van der Waals surface area contributed by atoms with Gasteiger partial charge in [-0.1, -0.05) is 51.0 Å². The number of carbonyl (C=O) groups excluding carboxylic acids is 1. The fraction of sp³-hybridized carbons (Fsp3) is 0.562. The van der Waals surface area contributed by atoms with Crippen molar-refractivity contribution in [3.63, 3.8) is 0 Å². The van der Waals surface area contributed by atoms with Crippen LogP contribution in [-0.2, 0) is 11.2 Å². The van der Waals surface area contributed by atoms with E-state index >= 15 is 0 Å². The molecule has 0 radical (unpaired) electrons. The van der Waals surface area contributed by atoms with Crippen LogP contribution in [-0.4, -0.2) is 17.0 Å². The number of amides is 1. The topological polar surface area (TPSA) is 29.1 Å². The zero-order valence-electron chi connectivity index (χ0n) is 11.8. The van der Waals surface area contributed by atoms with Crippen LogP contribution in [0.5, 0.6) is 0 Å². The van der Waals surface area contributed by atoms with Crippen molar-refractivity contribution in [1.29, 1.82) is 0 Å². The number of carbonyl (C=O) groups is 1. The molecule has 19 heavy (non-hydrogen) atoms. The molecule has 3 heteroatoms. The van der Waals surface area contributed by atoms with Gasteiger partial charge < -0.3 is 5.32 Å². The Bertz CT molecular complexity index is 415. The van der Waals surface area contributed by atoms with Gasteiger partial charge in [-0.25, -0.2) is 0 Å². The van der Waals surface area contributed by atoms with Gasteiger partial charge in [-0.2, -0.15) is 0 Å². The van der Waals surface area contributed by atoms with Crippen LogP contribution in [0.15, 0.2) is 24.3 Å². The summed E-state index contributed by atoms with van der Waals surface area (Å²) in [5.41, 5.74) is 2.74. The molecule has 2 rings (SSSR count). The Morgan fingerprint density at radius 1 is 1.37 bits per heavy atom. The molecule has 1 aromatic rings. The Morgan fingerprint density at radius 3 is 2.68 bits per heavy atom. The molecule has 0 spiro atoms. The third kappa shape index (κ3) is 4.27. The fourth-order valence-electron chi connectivity index (χ4n) is 2.42. The third-order valence-corrected chi connectivity index (χ3v) is 4.81. The normalized spacial score (nSPS) is 20.3. The number of thioether (sulfide) groups is 1. The second-order valence-corrected chi connectivity index (χ2v) is 6.55. The van der Waals surface area contributed by atoms with E-state index in [1.54, 1.807) is 11.8 Å². The van der Waals surface area contributed by atoms with E-state index in [1.165, 1.54) is 30.4 Å². The summed E-state index contributed by atoms with van der Waals surface area (Å²) in [5, 5.41) is 3.25. The van der Waals surface area contributed by atoms with Crippen molar-refractivity contribution >= 4 is 17.7 Å². The van der Waals surface area contributed by atoms with Crippen molar-refractivity contribution in [2.75, 3.05) is 5.75 Å². The largest absolute Gasteiger partial charge is 0.343 e. The molecule has 1 fully saturated rings. The molecule has 104 valence electrons. The van der Waals surface area contributed by atoms with Gasteiger partial charge in [0.1, 0.15) is 0 Å². The van der Waals surface area contributed by atoms with Crippen molar-refractivity contribution in [1.82, 2.24) is 5.32 Å². The summed E-state index contributed by atoms with van der Waals surface area (Å²) < 4.78 is 0. The number of rotatable bonds is 6. The van der Waals surface area contributed by atoms with Crippen LogP contribution in [0.2, 0.25) is 0 Å². The quantitative estimate of drug-likeness (QED) is 0.859. The molecule has 0 aromatic heterocycles. The van der Waals surface area contributed by atoms with Crippen LogP contribution >= 0.6 is 11.8 Å². The van der Waals surface area contributed by atoms with Crippen molar-refractivity contribution in [3.8, 4) is 0 Å². The predicted molar refractivity (Wildman–Crippen MR) is 82.5 cm³/mol. The maximum Gasteiger partial charge on any atom is 0.230 e. The highest BCUT2D eigenvalue weighted by Gasteiger charge is 2.21. The molecule has 1 heterocycles. The van der Waals surface area contributed by atoms with E-state index in [-0.39, 0.29) is 11.3 Å². The molecule has 1 N–H and O–H groups in total. The first-order chi connectivity index (χ1) is 9.19. The van der Waals surface area contributed by atoms with E-state index in [0.717, 1.165) is 6.42 Å². The Hall–Kier alpha value is -0.960. The molecule has 1 aromatic carbocycles. The summed E-state index contributed by atoms with van der Waals surface area (Å²) in [4.78, 5) is 11.2. The lowest BCUT2D eigenvalue weighted by molar-refractivity contribution is -0.118. The molecule has 0 aliphatic carbocycles. The number of benzene rings is 1. The average molecular weight is 277 g/mol. The average Bonchev–Trinajstić information content (AvgIpc) is 2.82. The first-order valence-electron chi connectivity index (χ1n) is 7.19. The van der Waals surface area contributed by atoms with Gasteiger partial charge in [0, 0.05) is 6.42 Å². The highest BCUT2D eigenvalue weighted by molar-refractivity contribution is 8.01. The number of hydrogen-bond donors (Lipinski definition) is 1. The van der Waals surface area contributed by atoms with Gasteiger partial charge in [-0.3, -0.25) is 4.79 Å². The molecule has 1 amide bonds. The number of hydrogen-bond acceptors (Lipinski definition) is 2. The summed E-state index contributed by atoms with van der Waals surface area (Å²) in [6.45, 7) is 4.54. The standard InChI is InChI=1S/C16H23NOS/c1-3-4-5-12(2)14-8-6-13(7-9-14)10-16-17-15(18)11-19-16/h6-9,12,16H,3-5,10-11H2,1-2H3,(H,17,18). The fourth-order valence-corrected chi connectivity index (χ4v) is 3.38. The van der Waals surface area contributed by atoms with E-state index in [2.05, 4.69) is 43.4 Å². The van der Waals surface area contributed by atoms with Gasteiger partial charge >= 0.3 is 0 Å². The minimum atomic E-state index is 0.166. The van der Waals surface area contributed by atoms with Crippen LogP contribution in [0.4, 0.5) is 0 Å². The third-order valence-electron chi connectivity index (χ3n) is 3.70. The maximum atomic E-state index is 11.2. The van der Waals surface area contributed by atoms with Crippen LogP contribution in [0, 0.1) is 0 Å². The van der Waals surface area contributed by atoms with Crippen LogP contribution in [0.3, 0.4) is 0 Å². The summed E-state index contributed by atoms with van der Waals surface area (Å²) in [5.74, 6) is 1.42. The van der Waals surface area contributed by atoms with Gasteiger partial charge in [0.2, 0.25) is 5.91 Å². The maximum absolute atomic E-state index is 11.2. The summed E-state index contributed by atoms with van der Waals surface area (Å²) in [6, 6.07) is 8.92. The summed E-state index contributed by atoms with van der Waals surface area (Å²) >= 11 is 1.71. The molecule has 2 unspecified atom stereocenters. The highest BCUT2D eigenvalue weighted by Crippen LogP contribution is 2.23. The van der Waals surface area contributed by atoms with Crippen molar-refractivity contribution < 1.29 is 4.79 Å². The lowest BCUT2D eigenvalue weighted by Gasteiger charge is -2.13. The molecule has 1 aliphatic rings. The van der Waals surface area contributed by atoms with Gasteiger partial charge in [0.05, 0.1) is 11.1 Å². The Kier molecular flexibility index (Phi) is 5.32. The molecule has 1 aliphatic heterocycles. The molecule has 1 saturated heterocycles. The molecule has 0 saturated carbocycles. The van der Waals surface area contributed by atoms with E-state index < -0.39 is 0 Å². The summed E-state index contributed by atoms with van der Waals surface area (Å²) in [7, 11) is 0. The van der Waals surface area contributed by atoms with Crippen LogP contribution in [0.1, 0.15) is 50.2 Å². The lowest BCUT2D eigenvalue weighted by atomic mass is 9.94. The zero-order chi connectivity index (χ0) is 13.7. The van der Waals surface area contributed by atoms with Gasteiger partial charge in [-0.05, 0) is 23.5 Å². The van der Waals surface area contributed by atoms with E-state index in [9.17, 15) is 4.79 Å². The van der Waals surface area contributed by atoms with Crippen molar-refractivity contribution in [2.24, 2.45) is 0 Å². The Balaban J connectivity index is 1.89. The highest BCUT2D eigenvalue weighted by atomic mass is 32.2. The van der Waals surface area contributed by atoms with Gasteiger partial charge in [0.25, 0.3) is 0 Å². The Morgan fingerprint density at radius 2 is 2.11 bits per heavy atom. The Labute approximate surface area is 120 Å². The zero-order valence-corrected chi connectivity index (χ0v) is 12.6. The lowest BCUT2D eigenvalue weighted by Crippen LogP contribution is -2.26. The molecular weight excluding hydrogens is 254 g/mol. The van der Waals surface area contributed by atoms with E-state index in [1.807, 2.05) is 0 Å². The molecule has 2 nitrogen and oxygen atoms in total. The van der Waals surface area contributed by atoms with Crippen LogP contribution in [0.25, 0.3) is 0 Å². The first kappa shape index (κ1) is 14.4. The minimum Gasteiger partial charge on any atom is -0.343 e. The smallest absolute Gasteiger partial charge is 0.230 e. The molecule has 2 atom stereocenters. The van der Waals surface area contributed by atoms with Crippen LogP contribution < -0.4 is 5.32 Å². The monoisotopic (exact) mass is 277 g/mol. The summed E-state index contributed by atoms with van der Waals surface area (Å²) in [6.07, 6.45) is 4.76. The van der Waals surface area contributed by atoms with Gasteiger partial charge in [-0.15, -0.1) is 11.8 Å².